The predicted molar refractivity (Wildman–Crippen MR) is 104 cm³/mol. The lowest BCUT2D eigenvalue weighted by Gasteiger charge is -2.13. The van der Waals surface area contributed by atoms with Gasteiger partial charge in [0.2, 0.25) is 0 Å². The molecule has 26 heavy (non-hydrogen) atoms. The van der Waals surface area contributed by atoms with Gasteiger partial charge in [-0.05, 0) is 30.9 Å². The monoisotopic (exact) mass is 393 g/mol. The van der Waals surface area contributed by atoms with Crippen LogP contribution in [-0.2, 0) is 19.1 Å². The van der Waals surface area contributed by atoms with Gasteiger partial charge in [0.15, 0.2) is 0 Å². The van der Waals surface area contributed by atoms with Crippen LogP contribution in [0.1, 0.15) is 30.9 Å². The van der Waals surface area contributed by atoms with Gasteiger partial charge >= 0.3 is 11.9 Å². The summed E-state index contributed by atoms with van der Waals surface area (Å²) in [5, 5.41) is 8.98. The molecule has 1 amide bonds. The zero-order chi connectivity index (χ0) is 19.3. The lowest BCUT2D eigenvalue weighted by molar-refractivity contribution is -0.141. The van der Waals surface area contributed by atoms with Crippen molar-refractivity contribution in [2.24, 2.45) is 0 Å². The molecule has 0 spiro atoms. The number of amides is 1. The maximum atomic E-state index is 12.7. The molecule has 1 aromatic rings. The lowest BCUT2D eigenvalue weighted by Crippen LogP contribution is -2.33. The number of thiocarbonyl (C=S) groups is 1. The van der Waals surface area contributed by atoms with Crippen LogP contribution < -0.4 is 0 Å². The number of benzene rings is 1. The van der Waals surface area contributed by atoms with E-state index in [0.29, 0.717) is 17.7 Å². The van der Waals surface area contributed by atoms with Gasteiger partial charge in [0.05, 0.1) is 11.5 Å². The number of carboxylic acid groups (broad SMARTS) is 1. The van der Waals surface area contributed by atoms with E-state index >= 15 is 0 Å². The quantitative estimate of drug-likeness (QED) is 0.330. The number of rotatable bonds is 7. The van der Waals surface area contributed by atoms with Crippen molar-refractivity contribution >= 4 is 51.7 Å². The Labute approximate surface area is 161 Å². The highest BCUT2D eigenvalue weighted by atomic mass is 32.2. The van der Waals surface area contributed by atoms with Gasteiger partial charge in [-0.3, -0.25) is 19.3 Å². The molecule has 0 radical (unpaired) electrons. The minimum absolute atomic E-state index is 0.233. The number of thioether (sulfide) groups is 1. The van der Waals surface area contributed by atoms with Crippen molar-refractivity contribution in [2.45, 2.75) is 26.7 Å². The van der Waals surface area contributed by atoms with Crippen LogP contribution in [0.4, 0.5) is 0 Å². The minimum atomic E-state index is -1.12. The summed E-state index contributed by atoms with van der Waals surface area (Å²) in [4.78, 5) is 36.1. The summed E-state index contributed by atoms with van der Waals surface area (Å²) < 4.78 is 5.20. The lowest BCUT2D eigenvalue weighted by atomic mass is 9.99. The molecule has 1 aliphatic heterocycles. The molecule has 1 aliphatic rings. The Kier molecular flexibility index (Phi) is 6.93. The number of esters is 1. The van der Waals surface area contributed by atoms with Crippen molar-refractivity contribution in [2.75, 3.05) is 13.2 Å². The number of carbonyl (C=O) groups excluding carboxylic acids is 2. The Hall–Kier alpha value is -2.19. The first-order valence-corrected chi connectivity index (χ1v) is 9.21. The van der Waals surface area contributed by atoms with Crippen LogP contribution in [0.5, 0.6) is 0 Å². The van der Waals surface area contributed by atoms with Gasteiger partial charge in [-0.1, -0.05) is 53.8 Å². The van der Waals surface area contributed by atoms with Crippen LogP contribution in [0.3, 0.4) is 0 Å². The van der Waals surface area contributed by atoms with E-state index in [1.807, 2.05) is 31.2 Å². The first-order valence-electron chi connectivity index (χ1n) is 7.98. The zero-order valence-corrected chi connectivity index (χ0v) is 16.1. The third kappa shape index (κ3) is 5.15. The Balaban J connectivity index is 2.32. The molecule has 0 aromatic heterocycles. The molecule has 1 N–H and O–H groups in total. The summed E-state index contributed by atoms with van der Waals surface area (Å²) in [5.74, 6) is -1.87. The second-order valence-electron chi connectivity index (χ2n) is 5.77. The molecule has 138 valence electrons. The molecule has 0 saturated carbocycles. The summed E-state index contributed by atoms with van der Waals surface area (Å²) in [6.45, 7) is 3.11. The molecular formula is C18H19NO5S2. The first kappa shape index (κ1) is 20.1. The van der Waals surface area contributed by atoms with Crippen LogP contribution in [0.15, 0.2) is 29.2 Å². The fourth-order valence-corrected chi connectivity index (χ4v) is 3.83. The van der Waals surface area contributed by atoms with Crippen molar-refractivity contribution in [3.63, 3.8) is 0 Å². The summed E-state index contributed by atoms with van der Waals surface area (Å²) in [6.07, 6.45) is 1.06. The average Bonchev–Trinajstić information content (AvgIpc) is 2.83. The van der Waals surface area contributed by atoms with E-state index in [1.165, 1.54) is 6.92 Å². The average molecular weight is 393 g/mol. The van der Waals surface area contributed by atoms with Gasteiger partial charge in [-0.2, -0.15) is 0 Å². The third-order valence-electron chi connectivity index (χ3n) is 3.69. The van der Waals surface area contributed by atoms with Gasteiger partial charge < -0.3 is 9.84 Å². The largest absolute Gasteiger partial charge is 0.480 e. The van der Waals surface area contributed by atoms with E-state index in [1.54, 1.807) is 0 Å². The molecular weight excluding hydrogens is 374 g/mol. The van der Waals surface area contributed by atoms with Crippen molar-refractivity contribution in [3.05, 3.63) is 40.3 Å². The Morgan fingerprint density at radius 2 is 1.92 bits per heavy atom. The van der Waals surface area contributed by atoms with Crippen molar-refractivity contribution < 1.29 is 24.2 Å². The van der Waals surface area contributed by atoms with Crippen molar-refractivity contribution in [1.82, 2.24) is 4.90 Å². The molecule has 1 saturated heterocycles. The second kappa shape index (κ2) is 8.95. The van der Waals surface area contributed by atoms with Crippen LogP contribution in [0.25, 0.3) is 5.57 Å². The van der Waals surface area contributed by atoms with Gasteiger partial charge in [-0.15, -0.1) is 0 Å². The molecule has 0 unspecified atom stereocenters. The zero-order valence-electron chi connectivity index (χ0n) is 14.5. The highest BCUT2D eigenvalue weighted by Crippen LogP contribution is 2.38. The SMILES string of the molecule is CC(=O)OCCC/C(=C1/SC(=S)N(CC(=O)O)C1=O)c1ccc(C)cc1. The highest BCUT2D eigenvalue weighted by molar-refractivity contribution is 8.26. The number of carbonyl (C=O) groups is 3. The Morgan fingerprint density at radius 3 is 2.50 bits per heavy atom. The standard InChI is InChI=1S/C18H19NO5S2/c1-11-5-7-13(8-6-11)14(4-3-9-24-12(2)20)16-17(23)19(10-15(21)22)18(25)26-16/h5-8H,3-4,9-10H2,1-2H3,(H,21,22)/b16-14-. The van der Waals surface area contributed by atoms with Crippen molar-refractivity contribution in [3.8, 4) is 0 Å². The smallest absolute Gasteiger partial charge is 0.323 e. The summed E-state index contributed by atoms with van der Waals surface area (Å²) >= 11 is 6.29. The molecule has 1 aromatic carbocycles. The number of hydrogen-bond donors (Lipinski definition) is 1. The summed E-state index contributed by atoms with van der Waals surface area (Å²) in [7, 11) is 0. The van der Waals surface area contributed by atoms with Gasteiger partial charge in [0.1, 0.15) is 10.9 Å². The maximum Gasteiger partial charge on any atom is 0.323 e. The number of carboxylic acids is 1. The molecule has 0 aliphatic carbocycles. The Morgan fingerprint density at radius 1 is 1.27 bits per heavy atom. The molecule has 0 bridgehead atoms. The van der Waals surface area contributed by atoms with Crippen molar-refractivity contribution in [1.29, 1.82) is 0 Å². The Bertz CT molecular complexity index is 770. The number of aliphatic carboxylic acids is 1. The van der Waals surface area contributed by atoms with E-state index in [-0.39, 0.29) is 16.9 Å². The minimum Gasteiger partial charge on any atom is -0.480 e. The van der Waals surface area contributed by atoms with Crippen LogP contribution in [-0.4, -0.2) is 45.3 Å². The van der Waals surface area contributed by atoms with Gasteiger partial charge in [0.25, 0.3) is 5.91 Å². The van der Waals surface area contributed by atoms with E-state index in [9.17, 15) is 14.4 Å². The van der Waals surface area contributed by atoms with Crippen LogP contribution in [0.2, 0.25) is 0 Å². The fourth-order valence-electron chi connectivity index (χ4n) is 2.46. The summed E-state index contributed by atoms with van der Waals surface area (Å²) in [6, 6.07) is 7.72. The third-order valence-corrected chi connectivity index (χ3v) is 5.18. The van der Waals surface area contributed by atoms with E-state index in [2.05, 4.69) is 0 Å². The molecule has 0 atom stereocenters. The highest BCUT2D eigenvalue weighted by Gasteiger charge is 2.35. The van der Waals surface area contributed by atoms with E-state index in [0.717, 1.165) is 33.4 Å². The molecule has 6 nitrogen and oxygen atoms in total. The van der Waals surface area contributed by atoms with Gasteiger partial charge in [0, 0.05) is 6.92 Å². The van der Waals surface area contributed by atoms with E-state index < -0.39 is 18.4 Å². The normalized spacial score (nSPS) is 16.0. The molecule has 8 heteroatoms. The predicted octanol–water partition coefficient (Wildman–Crippen LogP) is 2.99. The van der Waals surface area contributed by atoms with Crippen LogP contribution in [0, 0.1) is 6.92 Å². The number of nitrogens with zero attached hydrogens (tertiary/aromatic N) is 1. The number of ether oxygens (including phenoxy) is 1. The van der Waals surface area contributed by atoms with Gasteiger partial charge in [-0.25, -0.2) is 0 Å². The summed E-state index contributed by atoms with van der Waals surface area (Å²) in [5.41, 5.74) is 2.74. The number of hydrogen-bond acceptors (Lipinski definition) is 6. The van der Waals surface area contributed by atoms with E-state index in [4.69, 9.17) is 22.1 Å². The molecule has 2 rings (SSSR count). The fraction of sp³-hybridized carbons (Fsp3) is 0.333. The molecule has 1 fully saturated rings. The molecule has 1 heterocycles. The number of allylic oxidation sites excluding steroid dienone is 1. The topological polar surface area (TPSA) is 83.9 Å². The second-order valence-corrected chi connectivity index (χ2v) is 7.41. The number of aryl methyl sites for hydroxylation is 1. The van der Waals surface area contributed by atoms with Crippen LogP contribution >= 0.6 is 24.0 Å². The first-order chi connectivity index (χ1) is 12.3. The maximum absolute atomic E-state index is 12.7.